The molecule has 4 heteroatoms. The molecule has 1 aliphatic heterocycles. The van der Waals surface area contributed by atoms with Gasteiger partial charge in [-0.15, -0.1) is 0 Å². The van der Waals surface area contributed by atoms with Gasteiger partial charge in [-0.2, -0.15) is 0 Å². The summed E-state index contributed by atoms with van der Waals surface area (Å²) in [4.78, 5) is 24.3. The summed E-state index contributed by atoms with van der Waals surface area (Å²) < 4.78 is 11.1. The number of aryl methyl sites for hydroxylation is 1. The minimum absolute atomic E-state index is 0.178. The molecule has 1 atom stereocenters. The molecule has 1 fully saturated rings. The van der Waals surface area contributed by atoms with Crippen molar-refractivity contribution in [3.05, 3.63) is 33.9 Å². The molecule has 0 radical (unpaired) electrons. The van der Waals surface area contributed by atoms with Gasteiger partial charge in [-0.3, -0.25) is 9.59 Å². The number of ether oxygens (including phenoxy) is 2. The predicted molar refractivity (Wildman–Crippen MR) is 83.5 cm³/mol. The molecule has 1 aromatic rings. The van der Waals surface area contributed by atoms with E-state index < -0.39 is 11.6 Å². The lowest BCUT2D eigenvalue weighted by atomic mass is 9.82. The SMILES string of the molecule is CC1=Cc2c(c(C)cc(OCC3CO3)c2C(C)C)C(=O)C1=O. The Kier molecular flexibility index (Phi) is 3.65. The van der Waals surface area contributed by atoms with E-state index in [4.69, 9.17) is 9.47 Å². The number of hydrogen-bond donors (Lipinski definition) is 0. The van der Waals surface area contributed by atoms with E-state index in [9.17, 15) is 9.59 Å². The van der Waals surface area contributed by atoms with Crippen molar-refractivity contribution in [3.8, 4) is 5.75 Å². The van der Waals surface area contributed by atoms with Gasteiger partial charge in [-0.25, -0.2) is 0 Å². The van der Waals surface area contributed by atoms with E-state index in [-0.39, 0.29) is 12.0 Å². The van der Waals surface area contributed by atoms with Crippen molar-refractivity contribution >= 4 is 17.6 Å². The number of carbonyl (C=O) groups is 2. The van der Waals surface area contributed by atoms with Gasteiger partial charge >= 0.3 is 0 Å². The number of allylic oxidation sites excluding steroid dienone is 1. The first-order valence-corrected chi connectivity index (χ1v) is 7.59. The third kappa shape index (κ3) is 2.48. The Bertz CT molecular complexity index is 694. The van der Waals surface area contributed by atoms with Crippen molar-refractivity contribution in [1.29, 1.82) is 0 Å². The lowest BCUT2D eigenvalue weighted by Gasteiger charge is -2.23. The van der Waals surface area contributed by atoms with Crippen LogP contribution in [0.1, 0.15) is 53.7 Å². The van der Waals surface area contributed by atoms with Crippen molar-refractivity contribution < 1.29 is 19.1 Å². The van der Waals surface area contributed by atoms with Crippen molar-refractivity contribution in [2.75, 3.05) is 13.2 Å². The van der Waals surface area contributed by atoms with E-state index in [0.29, 0.717) is 17.7 Å². The maximum absolute atomic E-state index is 12.4. The number of rotatable bonds is 4. The van der Waals surface area contributed by atoms with Crippen molar-refractivity contribution in [2.45, 2.75) is 39.7 Å². The van der Waals surface area contributed by atoms with Crippen LogP contribution in [0.2, 0.25) is 0 Å². The Balaban J connectivity index is 2.15. The summed E-state index contributed by atoms with van der Waals surface area (Å²) in [7, 11) is 0. The smallest absolute Gasteiger partial charge is 0.234 e. The zero-order valence-corrected chi connectivity index (χ0v) is 13.4. The van der Waals surface area contributed by atoms with Crippen molar-refractivity contribution in [2.24, 2.45) is 0 Å². The highest BCUT2D eigenvalue weighted by Gasteiger charge is 2.31. The highest BCUT2D eigenvalue weighted by atomic mass is 16.6. The molecular weight excluding hydrogens is 280 g/mol. The predicted octanol–water partition coefficient (Wildman–Crippen LogP) is 3.06. The average molecular weight is 300 g/mol. The van der Waals surface area contributed by atoms with Gasteiger partial charge in [0.05, 0.1) is 6.61 Å². The molecule has 0 amide bonds. The summed E-state index contributed by atoms with van der Waals surface area (Å²) in [5.41, 5.74) is 3.62. The topological polar surface area (TPSA) is 55.9 Å². The lowest BCUT2D eigenvalue weighted by Crippen LogP contribution is -2.23. The van der Waals surface area contributed by atoms with Crippen molar-refractivity contribution in [1.82, 2.24) is 0 Å². The molecule has 1 aliphatic carbocycles. The quantitative estimate of drug-likeness (QED) is 0.633. The second kappa shape index (κ2) is 5.36. The van der Waals surface area contributed by atoms with Crippen LogP contribution < -0.4 is 4.74 Å². The van der Waals surface area contributed by atoms with Crippen LogP contribution in [0.4, 0.5) is 0 Å². The van der Waals surface area contributed by atoms with Gasteiger partial charge < -0.3 is 9.47 Å². The van der Waals surface area contributed by atoms with Crippen LogP contribution >= 0.6 is 0 Å². The molecule has 0 N–H and O–H groups in total. The Morgan fingerprint density at radius 1 is 1.27 bits per heavy atom. The molecule has 0 bridgehead atoms. The van der Waals surface area contributed by atoms with E-state index >= 15 is 0 Å². The number of carbonyl (C=O) groups excluding carboxylic acids is 2. The summed E-state index contributed by atoms with van der Waals surface area (Å²) in [6.07, 6.45) is 2.00. The van der Waals surface area contributed by atoms with Gasteiger partial charge in [0.2, 0.25) is 11.6 Å². The highest BCUT2D eigenvalue weighted by molar-refractivity contribution is 6.52. The maximum atomic E-state index is 12.4. The van der Waals surface area contributed by atoms with E-state index in [1.165, 1.54) is 0 Å². The molecule has 0 aromatic heterocycles. The summed E-state index contributed by atoms with van der Waals surface area (Å²) >= 11 is 0. The Hall–Kier alpha value is -1.94. The monoisotopic (exact) mass is 300 g/mol. The molecule has 4 nitrogen and oxygen atoms in total. The maximum Gasteiger partial charge on any atom is 0.234 e. The minimum Gasteiger partial charge on any atom is -0.490 e. The molecule has 0 saturated carbocycles. The van der Waals surface area contributed by atoms with Crippen LogP contribution in [0.5, 0.6) is 5.75 Å². The molecule has 1 unspecified atom stereocenters. The van der Waals surface area contributed by atoms with E-state index in [1.54, 1.807) is 6.92 Å². The van der Waals surface area contributed by atoms with Crippen LogP contribution in [0.25, 0.3) is 6.08 Å². The van der Waals surface area contributed by atoms with Gasteiger partial charge in [0.25, 0.3) is 0 Å². The molecule has 22 heavy (non-hydrogen) atoms. The van der Waals surface area contributed by atoms with Crippen LogP contribution in [0, 0.1) is 6.92 Å². The Morgan fingerprint density at radius 3 is 2.55 bits per heavy atom. The summed E-state index contributed by atoms with van der Waals surface area (Å²) in [6.45, 7) is 8.93. The number of benzene rings is 1. The Morgan fingerprint density at radius 2 is 1.95 bits per heavy atom. The molecule has 2 aliphatic rings. The Labute approximate surface area is 130 Å². The number of epoxide rings is 1. The second-order valence-electron chi connectivity index (χ2n) is 6.30. The summed E-state index contributed by atoms with van der Waals surface area (Å²) in [6, 6.07) is 1.87. The van der Waals surface area contributed by atoms with Gasteiger partial charge in [-0.05, 0) is 43.0 Å². The van der Waals surface area contributed by atoms with Gasteiger partial charge in [0.1, 0.15) is 18.5 Å². The van der Waals surface area contributed by atoms with E-state index in [1.807, 2.05) is 19.1 Å². The fraction of sp³-hybridized carbons (Fsp3) is 0.444. The zero-order valence-electron chi connectivity index (χ0n) is 13.4. The first kappa shape index (κ1) is 15.0. The third-order valence-electron chi connectivity index (χ3n) is 4.12. The first-order valence-electron chi connectivity index (χ1n) is 7.59. The molecule has 1 heterocycles. The number of Topliss-reactive ketones (excluding diaryl/α,β-unsaturated/α-hetero) is 2. The van der Waals surface area contributed by atoms with Crippen LogP contribution in [0.15, 0.2) is 11.6 Å². The molecular formula is C18H20O4. The van der Waals surface area contributed by atoms with Gasteiger partial charge in [0, 0.05) is 16.7 Å². The zero-order chi connectivity index (χ0) is 16.0. The third-order valence-corrected chi connectivity index (χ3v) is 4.12. The van der Waals surface area contributed by atoms with Crippen molar-refractivity contribution in [3.63, 3.8) is 0 Å². The molecule has 0 spiro atoms. The minimum atomic E-state index is -0.412. The highest BCUT2D eigenvalue weighted by Crippen LogP contribution is 2.38. The number of hydrogen-bond acceptors (Lipinski definition) is 4. The largest absolute Gasteiger partial charge is 0.490 e. The standard InChI is InChI=1S/C18H20O4/c1-9(2)15-13-5-11(4)17(19)18(20)16(13)10(3)6-14(15)22-8-12-7-21-12/h5-6,9,12H,7-8H2,1-4H3. The lowest BCUT2D eigenvalue weighted by molar-refractivity contribution is -0.111. The molecule has 116 valence electrons. The fourth-order valence-corrected chi connectivity index (χ4v) is 2.91. The van der Waals surface area contributed by atoms with E-state index in [2.05, 4.69) is 13.8 Å². The fourth-order valence-electron chi connectivity index (χ4n) is 2.91. The van der Waals surface area contributed by atoms with Crippen LogP contribution in [-0.4, -0.2) is 30.9 Å². The van der Waals surface area contributed by atoms with Gasteiger partial charge in [0.15, 0.2) is 0 Å². The van der Waals surface area contributed by atoms with Crippen LogP contribution in [0.3, 0.4) is 0 Å². The van der Waals surface area contributed by atoms with Crippen LogP contribution in [-0.2, 0) is 9.53 Å². The normalized spacial score (nSPS) is 20.0. The number of fused-ring (bicyclic) bond motifs is 1. The van der Waals surface area contributed by atoms with E-state index in [0.717, 1.165) is 29.0 Å². The second-order valence-corrected chi connectivity index (χ2v) is 6.30. The molecule has 3 rings (SSSR count). The summed E-state index contributed by atoms with van der Waals surface area (Å²) in [5, 5.41) is 0. The summed E-state index contributed by atoms with van der Waals surface area (Å²) in [5.74, 6) is 0.152. The first-order chi connectivity index (χ1) is 10.4. The molecule has 1 saturated heterocycles. The average Bonchev–Trinajstić information content (AvgIpc) is 3.25. The molecule has 1 aromatic carbocycles. The van der Waals surface area contributed by atoms with Gasteiger partial charge in [-0.1, -0.05) is 13.8 Å². The number of ketones is 2.